The number of phenolic OH excluding ortho intramolecular Hbond substituents is 1. The minimum Gasteiger partial charge on any atom is -0.508 e. The van der Waals surface area contributed by atoms with Crippen LogP contribution in [0.4, 0.5) is 5.69 Å². The number of phenols is 1. The zero-order valence-corrected chi connectivity index (χ0v) is 10.7. The molecule has 2 rings (SSSR count). The molecule has 0 radical (unpaired) electrons. The van der Waals surface area contributed by atoms with E-state index in [0.29, 0.717) is 13.2 Å². The van der Waals surface area contributed by atoms with E-state index in [9.17, 15) is 5.11 Å². The molecule has 0 atom stereocenters. The Balaban J connectivity index is 1.91. The van der Waals surface area contributed by atoms with E-state index < -0.39 is 0 Å². The zero-order chi connectivity index (χ0) is 13.5. The third-order valence-corrected chi connectivity index (χ3v) is 2.63. The third-order valence-electron chi connectivity index (χ3n) is 2.63. The van der Waals surface area contributed by atoms with E-state index in [0.717, 1.165) is 17.0 Å². The Bertz CT molecular complexity index is 535. The number of ether oxygens (including phenoxy) is 1. The zero-order valence-electron chi connectivity index (χ0n) is 10.7. The smallest absolute Gasteiger partial charge is 0.119 e. The number of rotatable bonds is 6. The number of benzene rings is 2. The monoisotopic (exact) mass is 255 g/mol. The maximum atomic E-state index is 9.36. The Kier molecular flexibility index (Phi) is 4.45. The quantitative estimate of drug-likeness (QED) is 0.775. The van der Waals surface area contributed by atoms with Gasteiger partial charge < -0.3 is 15.2 Å². The summed E-state index contributed by atoms with van der Waals surface area (Å²) in [6.07, 6.45) is 1.72. The Morgan fingerprint density at radius 2 is 1.95 bits per heavy atom. The fraction of sp³-hybridized carbons (Fsp3) is 0.125. The van der Waals surface area contributed by atoms with Crippen LogP contribution in [0.1, 0.15) is 5.56 Å². The second-order valence-electron chi connectivity index (χ2n) is 4.15. The van der Waals surface area contributed by atoms with Crippen LogP contribution < -0.4 is 10.1 Å². The lowest BCUT2D eigenvalue weighted by Crippen LogP contribution is -1.99. The summed E-state index contributed by atoms with van der Waals surface area (Å²) in [7, 11) is 0. The van der Waals surface area contributed by atoms with Crippen molar-refractivity contribution in [2.24, 2.45) is 0 Å². The molecule has 2 aromatic rings. The first-order chi connectivity index (χ1) is 9.28. The normalized spacial score (nSPS) is 9.89. The highest BCUT2D eigenvalue weighted by Crippen LogP contribution is 2.17. The Labute approximate surface area is 113 Å². The lowest BCUT2D eigenvalue weighted by Gasteiger charge is -2.08. The van der Waals surface area contributed by atoms with Gasteiger partial charge in [0, 0.05) is 18.3 Å². The summed E-state index contributed by atoms with van der Waals surface area (Å²) in [6, 6.07) is 15.0. The SMILES string of the molecule is C=CCOc1ccc(CNc2cccc(O)c2)cc1. The van der Waals surface area contributed by atoms with Crippen LogP contribution >= 0.6 is 0 Å². The summed E-state index contributed by atoms with van der Waals surface area (Å²) in [5, 5.41) is 12.6. The Hall–Kier alpha value is -2.42. The van der Waals surface area contributed by atoms with Crippen LogP contribution in [0.25, 0.3) is 0 Å². The Morgan fingerprint density at radius 1 is 1.16 bits per heavy atom. The van der Waals surface area contributed by atoms with Crippen molar-refractivity contribution in [3.63, 3.8) is 0 Å². The molecule has 0 saturated heterocycles. The minimum atomic E-state index is 0.262. The molecule has 2 aromatic carbocycles. The molecule has 0 aliphatic heterocycles. The van der Waals surface area contributed by atoms with Gasteiger partial charge in [0.2, 0.25) is 0 Å². The molecule has 98 valence electrons. The molecule has 19 heavy (non-hydrogen) atoms. The van der Waals surface area contributed by atoms with Crippen LogP contribution in [0, 0.1) is 0 Å². The van der Waals surface area contributed by atoms with Crippen LogP contribution in [-0.4, -0.2) is 11.7 Å². The van der Waals surface area contributed by atoms with Crippen LogP contribution in [0.2, 0.25) is 0 Å². The van der Waals surface area contributed by atoms with Crippen molar-refractivity contribution < 1.29 is 9.84 Å². The molecule has 0 unspecified atom stereocenters. The van der Waals surface area contributed by atoms with Gasteiger partial charge >= 0.3 is 0 Å². The molecular weight excluding hydrogens is 238 g/mol. The highest BCUT2D eigenvalue weighted by Gasteiger charge is 1.97. The van der Waals surface area contributed by atoms with E-state index in [2.05, 4.69) is 11.9 Å². The van der Waals surface area contributed by atoms with E-state index in [1.807, 2.05) is 36.4 Å². The van der Waals surface area contributed by atoms with Gasteiger partial charge in [-0.3, -0.25) is 0 Å². The fourth-order valence-corrected chi connectivity index (χ4v) is 1.68. The molecule has 0 amide bonds. The summed E-state index contributed by atoms with van der Waals surface area (Å²) in [5.41, 5.74) is 2.04. The first kappa shape index (κ1) is 13.0. The highest BCUT2D eigenvalue weighted by atomic mass is 16.5. The predicted octanol–water partition coefficient (Wildman–Crippen LogP) is 3.57. The molecule has 0 saturated carbocycles. The van der Waals surface area contributed by atoms with Crippen molar-refractivity contribution in [2.75, 3.05) is 11.9 Å². The van der Waals surface area contributed by atoms with Gasteiger partial charge in [-0.1, -0.05) is 30.9 Å². The summed E-state index contributed by atoms with van der Waals surface area (Å²) >= 11 is 0. The first-order valence-electron chi connectivity index (χ1n) is 6.13. The maximum absolute atomic E-state index is 9.36. The van der Waals surface area contributed by atoms with Crippen LogP contribution in [0.3, 0.4) is 0 Å². The molecule has 0 aliphatic rings. The molecule has 2 N–H and O–H groups in total. The summed E-state index contributed by atoms with van der Waals surface area (Å²) < 4.78 is 5.42. The van der Waals surface area contributed by atoms with E-state index >= 15 is 0 Å². The minimum absolute atomic E-state index is 0.262. The maximum Gasteiger partial charge on any atom is 0.119 e. The largest absolute Gasteiger partial charge is 0.508 e. The standard InChI is InChI=1S/C16H17NO2/c1-2-10-19-16-8-6-13(7-9-16)12-17-14-4-3-5-15(18)11-14/h2-9,11,17-18H,1,10,12H2. The van der Waals surface area contributed by atoms with Crippen molar-refractivity contribution in [1.29, 1.82) is 0 Å². The van der Waals surface area contributed by atoms with E-state index in [4.69, 9.17) is 4.74 Å². The van der Waals surface area contributed by atoms with Gasteiger partial charge in [-0.2, -0.15) is 0 Å². The van der Waals surface area contributed by atoms with Crippen LogP contribution in [0.15, 0.2) is 61.2 Å². The number of anilines is 1. The lowest BCUT2D eigenvalue weighted by molar-refractivity contribution is 0.363. The van der Waals surface area contributed by atoms with E-state index in [1.54, 1.807) is 18.2 Å². The second kappa shape index (κ2) is 6.50. The molecule has 3 heteroatoms. The molecule has 0 aromatic heterocycles. The van der Waals surface area contributed by atoms with Crippen LogP contribution in [0.5, 0.6) is 11.5 Å². The van der Waals surface area contributed by atoms with Crippen molar-refractivity contribution >= 4 is 5.69 Å². The van der Waals surface area contributed by atoms with E-state index in [-0.39, 0.29) is 5.75 Å². The molecule has 0 bridgehead atoms. The average molecular weight is 255 g/mol. The summed E-state index contributed by atoms with van der Waals surface area (Å²) in [5.74, 6) is 1.10. The van der Waals surface area contributed by atoms with Gasteiger partial charge in [0.05, 0.1) is 0 Å². The fourth-order valence-electron chi connectivity index (χ4n) is 1.68. The molecule has 0 spiro atoms. The van der Waals surface area contributed by atoms with Gasteiger partial charge in [0.15, 0.2) is 0 Å². The van der Waals surface area contributed by atoms with Gasteiger partial charge in [0.1, 0.15) is 18.1 Å². The molecular formula is C16H17NO2. The van der Waals surface area contributed by atoms with E-state index in [1.165, 1.54) is 0 Å². The number of nitrogens with one attached hydrogen (secondary N) is 1. The first-order valence-corrected chi connectivity index (χ1v) is 6.13. The van der Waals surface area contributed by atoms with Gasteiger partial charge in [-0.25, -0.2) is 0 Å². The number of hydrogen-bond donors (Lipinski definition) is 2. The number of aromatic hydroxyl groups is 1. The average Bonchev–Trinajstić information content (AvgIpc) is 2.44. The second-order valence-corrected chi connectivity index (χ2v) is 4.15. The van der Waals surface area contributed by atoms with Crippen molar-refractivity contribution in [1.82, 2.24) is 0 Å². The number of hydrogen-bond acceptors (Lipinski definition) is 3. The summed E-state index contributed by atoms with van der Waals surface area (Å²) in [4.78, 5) is 0. The predicted molar refractivity (Wildman–Crippen MR) is 77.6 cm³/mol. The van der Waals surface area contributed by atoms with Crippen molar-refractivity contribution in [3.8, 4) is 11.5 Å². The highest BCUT2D eigenvalue weighted by molar-refractivity contribution is 5.48. The third kappa shape index (κ3) is 4.07. The van der Waals surface area contributed by atoms with Crippen LogP contribution in [-0.2, 0) is 6.54 Å². The molecule has 0 heterocycles. The molecule has 0 aliphatic carbocycles. The van der Waals surface area contributed by atoms with Crippen molar-refractivity contribution in [2.45, 2.75) is 6.54 Å². The summed E-state index contributed by atoms with van der Waals surface area (Å²) in [6.45, 7) is 4.82. The Morgan fingerprint density at radius 3 is 2.63 bits per heavy atom. The molecule has 3 nitrogen and oxygen atoms in total. The molecule has 0 fully saturated rings. The lowest BCUT2D eigenvalue weighted by atomic mass is 10.2. The topological polar surface area (TPSA) is 41.5 Å². The van der Waals surface area contributed by atoms with Gasteiger partial charge in [-0.05, 0) is 29.8 Å². The van der Waals surface area contributed by atoms with Gasteiger partial charge in [-0.15, -0.1) is 0 Å². The van der Waals surface area contributed by atoms with Gasteiger partial charge in [0.25, 0.3) is 0 Å². The van der Waals surface area contributed by atoms with Crippen molar-refractivity contribution in [3.05, 3.63) is 66.7 Å².